The molecule has 0 amide bonds. The van der Waals surface area contributed by atoms with E-state index in [1.807, 2.05) is 0 Å². The summed E-state index contributed by atoms with van der Waals surface area (Å²) in [5, 5.41) is 9.79. The van der Waals surface area contributed by atoms with Crippen LogP contribution < -0.4 is 5.32 Å². The molecule has 2 N–H and O–H groups in total. The Bertz CT molecular complexity index is 564. The van der Waals surface area contributed by atoms with Gasteiger partial charge in [0.1, 0.15) is 4.90 Å². The topological polar surface area (TPSA) is 87.3 Å². The fraction of sp³-hybridized carbons (Fsp3) is 0.769. The van der Waals surface area contributed by atoms with Crippen molar-refractivity contribution in [2.45, 2.75) is 31.2 Å². The summed E-state index contributed by atoms with van der Waals surface area (Å²) in [6, 6.07) is 0. The van der Waals surface area contributed by atoms with Crippen LogP contribution in [0.5, 0.6) is 0 Å². The van der Waals surface area contributed by atoms with E-state index < -0.39 is 10.0 Å². The standard InChI is InChI=1S/C13H24N4O3S/c1-10-13(12(7-14-2)16-15-10)21(18,19)17(3)8-11-5-4-6-20-9-11/h11,14H,4-9H2,1-3H3,(H,15,16). The summed E-state index contributed by atoms with van der Waals surface area (Å²) in [6.07, 6.45) is 2.00. The van der Waals surface area contributed by atoms with Crippen LogP contribution in [0, 0.1) is 12.8 Å². The maximum atomic E-state index is 12.8. The average Bonchev–Trinajstić information content (AvgIpc) is 2.82. The molecule has 120 valence electrons. The zero-order valence-corrected chi connectivity index (χ0v) is 13.7. The first kappa shape index (κ1) is 16.4. The highest BCUT2D eigenvalue weighted by molar-refractivity contribution is 7.89. The first-order chi connectivity index (χ1) is 9.96. The molecule has 0 aliphatic carbocycles. The van der Waals surface area contributed by atoms with Gasteiger partial charge >= 0.3 is 0 Å². The van der Waals surface area contributed by atoms with Crippen LogP contribution in [0.15, 0.2) is 4.90 Å². The van der Waals surface area contributed by atoms with E-state index in [-0.39, 0.29) is 10.8 Å². The predicted octanol–water partition coefficient (Wildman–Crippen LogP) is 0.485. The Morgan fingerprint density at radius 3 is 2.90 bits per heavy atom. The molecule has 8 heteroatoms. The second-order valence-electron chi connectivity index (χ2n) is 5.52. The highest BCUT2D eigenvalue weighted by atomic mass is 32.2. The summed E-state index contributed by atoms with van der Waals surface area (Å²) < 4.78 is 32.4. The third-order valence-electron chi connectivity index (χ3n) is 3.74. The first-order valence-corrected chi connectivity index (χ1v) is 8.63. The second kappa shape index (κ2) is 6.87. The lowest BCUT2D eigenvalue weighted by molar-refractivity contribution is 0.0495. The fourth-order valence-corrected chi connectivity index (χ4v) is 4.23. The average molecular weight is 316 g/mol. The van der Waals surface area contributed by atoms with Gasteiger partial charge in [0.25, 0.3) is 0 Å². The molecule has 1 aliphatic heterocycles. The third kappa shape index (κ3) is 3.63. The normalized spacial score (nSPS) is 20.1. The Morgan fingerprint density at radius 2 is 2.29 bits per heavy atom. The Balaban J connectivity index is 2.18. The number of aromatic amines is 1. The molecule has 0 radical (unpaired) electrons. The Kier molecular flexibility index (Phi) is 5.37. The van der Waals surface area contributed by atoms with Crippen molar-refractivity contribution >= 4 is 10.0 Å². The van der Waals surface area contributed by atoms with Crippen molar-refractivity contribution in [1.29, 1.82) is 0 Å². The molecule has 0 spiro atoms. The molecule has 1 aliphatic rings. The number of aryl methyl sites for hydroxylation is 1. The number of nitrogens with one attached hydrogen (secondary N) is 2. The fourth-order valence-electron chi connectivity index (χ4n) is 2.67. The molecule has 2 heterocycles. The third-order valence-corrected chi connectivity index (χ3v) is 5.77. The quantitative estimate of drug-likeness (QED) is 0.797. The maximum Gasteiger partial charge on any atom is 0.246 e. The smallest absolute Gasteiger partial charge is 0.246 e. The molecule has 1 aromatic heterocycles. The number of ether oxygens (including phenoxy) is 1. The lowest BCUT2D eigenvalue weighted by atomic mass is 10.0. The van der Waals surface area contributed by atoms with E-state index >= 15 is 0 Å². The van der Waals surface area contributed by atoms with Gasteiger partial charge in [0, 0.05) is 26.7 Å². The molecule has 1 saturated heterocycles. The van der Waals surface area contributed by atoms with Gasteiger partial charge in [-0.25, -0.2) is 12.7 Å². The van der Waals surface area contributed by atoms with Gasteiger partial charge in [-0.2, -0.15) is 5.10 Å². The SMILES string of the molecule is CNCc1n[nH]c(C)c1S(=O)(=O)N(C)CC1CCCOC1. The minimum absolute atomic E-state index is 0.262. The van der Waals surface area contributed by atoms with E-state index in [1.54, 1.807) is 21.0 Å². The van der Waals surface area contributed by atoms with E-state index in [0.717, 1.165) is 19.4 Å². The molecule has 0 bridgehead atoms. The van der Waals surface area contributed by atoms with Crippen molar-refractivity contribution in [2.75, 3.05) is 33.9 Å². The zero-order chi connectivity index (χ0) is 15.5. The van der Waals surface area contributed by atoms with Crippen LogP contribution in [-0.2, 0) is 21.3 Å². The lowest BCUT2D eigenvalue weighted by Crippen LogP contribution is -2.35. The molecule has 0 aromatic carbocycles. The van der Waals surface area contributed by atoms with Gasteiger partial charge in [0.15, 0.2) is 0 Å². The zero-order valence-electron chi connectivity index (χ0n) is 12.8. The molecule has 0 saturated carbocycles. The lowest BCUT2D eigenvalue weighted by Gasteiger charge is -2.26. The molecule has 21 heavy (non-hydrogen) atoms. The van der Waals surface area contributed by atoms with Crippen molar-refractivity contribution in [2.24, 2.45) is 5.92 Å². The van der Waals surface area contributed by atoms with Crippen molar-refractivity contribution in [3.05, 3.63) is 11.4 Å². The van der Waals surface area contributed by atoms with Gasteiger partial charge in [-0.15, -0.1) is 0 Å². The highest BCUT2D eigenvalue weighted by Gasteiger charge is 2.30. The number of H-pyrrole nitrogens is 1. The molecule has 1 unspecified atom stereocenters. The molecule has 7 nitrogen and oxygen atoms in total. The summed E-state index contributed by atoms with van der Waals surface area (Å²) in [5.41, 5.74) is 1.11. The molecule has 2 rings (SSSR count). The van der Waals surface area contributed by atoms with Crippen LogP contribution in [0.25, 0.3) is 0 Å². The van der Waals surface area contributed by atoms with Crippen LogP contribution >= 0.6 is 0 Å². The summed E-state index contributed by atoms with van der Waals surface area (Å²) in [7, 11) is -0.143. The van der Waals surface area contributed by atoms with Crippen molar-refractivity contribution < 1.29 is 13.2 Å². The van der Waals surface area contributed by atoms with Gasteiger partial charge < -0.3 is 10.1 Å². The van der Waals surface area contributed by atoms with Gasteiger partial charge in [0.05, 0.1) is 18.0 Å². The van der Waals surface area contributed by atoms with Crippen LogP contribution in [0.1, 0.15) is 24.2 Å². The monoisotopic (exact) mass is 316 g/mol. The van der Waals surface area contributed by atoms with Gasteiger partial charge in [-0.3, -0.25) is 5.10 Å². The van der Waals surface area contributed by atoms with E-state index in [9.17, 15) is 8.42 Å². The van der Waals surface area contributed by atoms with Gasteiger partial charge in [-0.1, -0.05) is 0 Å². The summed E-state index contributed by atoms with van der Waals surface area (Å²) in [4.78, 5) is 0.288. The van der Waals surface area contributed by atoms with E-state index in [1.165, 1.54) is 4.31 Å². The largest absolute Gasteiger partial charge is 0.381 e. The van der Waals surface area contributed by atoms with Crippen molar-refractivity contribution in [1.82, 2.24) is 19.8 Å². The van der Waals surface area contributed by atoms with Crippen LogP contribution in [0.2, 0.25) is 0 Å². The minimum Gasteiger partial charge on any atom is -0.381 e. The Hall–Kier alpha value is -0.960. The number of hydrogen-bond acceptors (Lipinski definition) is 5. The van der Waals surface area contributed by atoms with Gasteiger partial charge in [0.2, 0.25) is 10.0 Å². The number of rotatable bonds is 6. The minimum atomic E-state index is -3.53. The summed E-state index contributed by atoms with van der Waals surface area (Å²) in [6.45, 7) is 4.04. The number of hydrogen-bond donors (Lipinski definition) is 2. The van der Waals surface area contributed by atoms with Gasteiger partial charge in [-0.05, 0) is 32.7 Å². The molecular weight excluding hydrogens is 292 g/mol. The van der Waals surface area contributed by atoms with E-state index in [2.05, 4.69) is 15.5 Å². The number of nitrogens with zero attached hydrogens (tertiary/aromatic N) is 2. The highest BCUT2D eigenvalue weighted by Crippen LogP contribution is 2.23. The van der Waals surface area contributed by atoms with Crippen molar-refractivity contribution in [3.8, 4) is 0 Å². The first-order valence-electron chi connectivity index (χ1n) is 7.19. The Labute approximate surface area is 126 Å². The van der Waals surface area contributed by atoms with Crippen LogP contribution in [-0.4, -0.2) is 56.8 Å². The molecule has 1 atom stereocenters. The van der Waals surface area contributed by atoms with E-state index in [4.69, 9.17) is 4.74 Å². The number of aromatic nitrogens is 2. The molecular formula is C13H24N4O3S. The number of sulfonamides is 1. The van der Waals surface area contributed by atoms with Crippen LogP contribution in [0.4, 0.5) is 0 Å². The summed E-state index contributed by atoms with van der Waals surface area (Å²) in [5.74, 6) is 0.262. The van der Waals surface area contributed by atoms with Crippen LogP contribution in [0.3, 0.4) is 0 Å². The molecule has 1 fully saturated rings. The van der Waals surface area contributed by atoms with E-state index in [0.29, 0.717) is 31.1 Å². The maximum absolute atomic E-state index is 12.8. The second-order valence-corrected chi connectivity index (χ2v) is 7.51. The summed E-state index contributed by atoms with van der Waals surface area (Å²) >= 11 is 0. The predicted molar refractivity (Wildman–Crippen MR) is 79.4 cm³/mol. The molecule has 1 aromatic rings. The Morgan fingerprint density at radius 1 is 1.52 bits per heavy atom. The van der Waals surface area contributed by atoms with Crippen molar-refractivity contribution in [3.63, 3.8) is 0 Å².